The van der Waals surface area contributed by atoms with Crippen LogP contribution in [0.2, 0.25) is 0 Å². The summed E-state index contributed by atoms with van der Waals surface area (Å²) in [4.78, 5) is 11.6. The number of nitrogens with two attached hydrogens (primary N) is 1. The summed E-state index contributed by atoms with van der Waals surface area (Å²) in [6.07, 6.45) is 0.823. The lowest BCUT2D eigenvalue weighted by atomic mass is 10.1. The third-order valence-electron chi connectivity index (χ3n) is 2.26. The average molecular weight is 222 g/mol. The van der Waals surface area contributed by atoms with Crippen LogP contribution in [0.25, 0.3) is 0 Å². The Bertz CT molecular complexity index is 322. The molecule has 4 nitrogen and oxygen atoms in total. The van der Waals surface area contributed by atoms with Crippen LogP contribution in [0.15, 0.2) is 24.3 Å². The lowest BCUT2D eigenvalue weighted by Crippen LogP contribution is -2.25. The second-order valence-electron chi connectivity index (χ2n) is 3.50. The van der Waals surface area contributed by atoms with Crippen LogP contribution in [-0.2, 0) is 11.3 Å². The molecule has 0 radical (unpaired) electrons. The van der Waals surface area contributed by atoms with Crippen molar-refractivity contribution < 1.29 is 9.53 Å². The van der Waals surface area contributed by atoms with Crippen LogP contribution in [-0.4, -0.2) is 26.2 Å². The molecule has 88 valence electrons. The minimum atomic E-state index is -0.0559. The fourth-order valence-corrected chi connectivity index (χ4v) is 1.31. The third kappa shape index (κ3) is 4.00. The predicted octanol–water partition coefficient (Wildman–Crippen LogP) is 0.912. The first-order chi connectivity index (χ1) is 7.77. The number of hydrogen-bond donors (Lipinski definition) is 2. The Morgan fingerprint density at radius 2 is 2.06 bits per heavy atom. The molecule has 0 aliphatic rings. The van der Waals surface area contributed by atoms with Crippen molar-refractivity contribution in [3.63, 3.8) is 0 Å². The van der Waals surface area contributed by atoms with Gasteiger partial charge in [-0.3, -0.25) is 4.79 Å². The molecule has 1 aromatic rings. The Labute approximate surface area is 95.8 Å². The molecule has 0 fully saturated rings. The second kappa shape index (κ2) is 6.98. The van der Waals surface area contributed by atoms with Crippen molar-refractivity contribution in [3.05, 3.63) is 35.4 Å². The van der Waals surface area contributed by atoms with Crippen LogP contribution in [0.4, 0.5) is 0 Å². The number of rotatable bonds is 6. The summed E-state index contributed by atoms with van der Waals surface area (Å²) in [5.41, 5.74) is 7.16. The zero-order valence-electron chi connectivity index (χ0n) is 9.53. The van der Waals surface area contributed by atoms with E-state index in [0.29, 0.717) is 25.3 Å². The number of ether oxygens (including phenoxy) is 1. The number of nitrogens with one attached hydrogen (secondary N) is 1. The summed E-state index contributed by atoms with van der Waals surface area (Å²) in [5.74, 6) is -0.0559. The molecule has 4 heteroatoms. The van der Waals surface area contributed by atoms with E-state index in [9.17, 15) is 4.79 Å². The maximum absolute atomic E-state index is 11.6. The van der Waals surface area contributed by atoms with Crippen LogP contribution in [0.3, 0.4) is 0 Å². The van der Waals surface area contributed by atoms with Gasteiger partial charge in [0.1, 0.15) is 0 Å². The van der Waals surface area contributed by atoms with Crippen LogP contribution in [0, 0.1) is 0 Å². The normalized spacial score (nSPS) is 10.1. The first-order valence-corrected chi connectivity index (χ1v) is 5.34. The fourth-order valence-electron chi connectivity index (χ4n) is 1.31. The largest absolute Gasteiger partial charge is 0.385 e. The summed E-state index contributed by atoms with van der Waals surface area (Å²) >= 11 is 0. The van der Waals surface area contributed by atoms with Crippen molar-refractivity contribution >= 4 is 5.91 Å². The molecule has 1 rings (SSSR count). The third-order valence-corrected chi connectivity index (χ3v) is 2.26. The zero-order chi connectivity index (χ0) is 11.8. The summed E-state index contributed by atoms with van der Waals surface area (Å²) < 4.78 is 4.89. The van der Waals surface area contributed by atoms with E-state index in [1.165, 1.54) is 0 Å². The van der Waals surface area contributed by atoms with Crippen molar-refractivity contribution in [2.75, 3.05) is 20.3 Å². The van der Waals surface area contributed by atoms with E-state index in [-0.39, 0.29) is 5.91 Å². The van der Waals surface area contributed by atoms with Gasteiger partial charge in [-0.15, -0.1) is 0 Å². The fraction of sp³-hybridized carbons (Fsp3) is 0.417. The molecule has 0 unspecified atom stereocenters. The molecule has 1 aromatic carbocycles. The SMILES string of the molecule is COCCCNC(=O)c1ccc(CN)cc1. The van der Waals surface area contributed by atoms with Gasteiger partial charge in [-0.1, -0.05) is 12.1 Å². The summed E-state index contributed by atoms with van der Waals surface area (Å²) in [5, 5.41) is 2.82. The minimum Gasteiger partial charge on any atom is -0.385 e. The number of hydrogen-bond acceptors (Lipinski definition) is 3. The van der Waals surface area contributed by atoms with Gasteiger partial charge in [0.15, 0.2) is 0 Å². The first-order valence-electron chi connectivity index (χ1n) is 5.34. The quantitative estimate of drug-likeness (QED) is 0.703. The van der Waals surface area contributed by atoms with Crippen molar-refractivity contribution in [2.45, 2.75) is 13.0 Å². The molecule has 3 N–H and O–H groups in total. The maximum atomic E-state index is 11.6. The lowest BCUT2D eigenvalue weighted by molar-refractivity contribution is 0.0948. The lowest BCUT2D eigenvalue weighted by Gasteiger charge is -2.05. The standard InChI is InChI=1S/C12H18N2O2/c1-16-8-2-7-14-12(15)11-5-3-10(9-13)4-6-11/h3-6H,2,7-9,13H2,1H3,(H,14,15). The highest BCUT2D eigenvalue weighted by Gasteiger charge is 2.03. The van der Waals surface area contributed by atoms with Gasteiger partial charge in [-0.2, -0.15) is 0 Å². The molecular weight excluding hydrogens is 204 g/mol. The van der Waals surface area contributed by atoms with Crippen molar-refractivity contribution in [1.29, 1.82) is 0 Å². The van der Waals surface area contributed by atoms with E-state index < -0.39 is 0 Å². The molecule has 1 amide bonds. The molecule has 0 aliphatic carbocycles. The molecule has 0 aromatic heterocycles. The average Bonchev–Trinajstić information content (AvgIpc) is 2.34. The molecule has 16 heavy (non-hydrogen) atoms. The summed E-state index contributed by atoms with van der Waals surface area (Å²) in [7, 11) is 1.65. The summed E-state index contributed by atoms with van der Waals surface area (Å²) in [6, 6.07) is 7.30. The van der Waals surface area contributed by atoms with E-state index in [1.54, 1.807) is 19.2 Å². The van der Waals surface area contributed by atoms with Crippen molar-refractivity contribution in [3.8, 4) is 0 Å². The first kappa shape index (κ1) is 12.7. The van der Waals surface area contributed by atoms with Crippen LogP contribution < -0.4 is 11.1 Å². The van der Waals surface area contributed by atoms with E-state index >= 15 is 0 Å². The highest BCUT2D eigenvalue weighted by atomic mass is 16.5. The van der Waals surface area contributed by atoms with Gasteiger partial charge in [0.05, 0.1) is 0 Å². The van der Waals surface area contributed by atoms with Gasteiger partial charge in [-0.05, 0) is 24.1 Å². The molecule has 0 spiro atoms. The Morgan fingerprint density at radius 1 is 1.38 bits per heavy atom. The van der Waals surface area contributed by atoms with E-state index in [2.05, 4.69) is 5.32 Å². The van der Waals surface area contributed by atoms with Crippen molar-refractivity contribution in [1.82, 2.24) is 5.32 Å². The smallest absolute Gasteiger partial charge is 0.251 e. The number of benzene rings is 1. The van der Waals surface area contributed by atoms with Gasteiger partial charge in [0.25, 0.3) is 5.91 Å². The van der Waals surface area contributed by atoms with Crippen molar-refractivity contribution in [2.24, 2.45) is 5.73 Å². The number of carbonyl (C=O) groups is 1. The van der Waals surface area contributed by atoms with E-state index in [4.69, 9.17) is 10.5 Å². The number of amides is 1. The maximum Gasteiger partial charge on any atom is 0.251 e. The molecular formula is C12H18N2O2. The molecule has 0 atom stereocenters. The topological polar surface area (TPSA) is 64.3 Å². The Balaban J connectivity index is 2.40. The van der Waals surface area contributed by atoms with E-state index in [0.717, 1.165) is 12.0 Å². The molecule has 0 saturated heterocycles. The zero-order valence-corrected chi connectivity index (χ0v) is 9.53. The number of methoxy groups -OCH3 is 1. The van der Waals surface area contributed by atoms with Crippen LogP contribution in [0.1, 0.15) is 22.3 Å². The molecule has 0 heterocycles. The monoisotopic (exact) mass is 222 g/mol. The van der Waals surface area contributed by atoms with Gasteiger partial charge in [-0.25, -0.2) is 0 Å². The summed E-state index contributed by atoms with van der Waals surface area (Å²) in [6.45, 7) is 1.79. The highest BCUT2D eigenvalue weighted by Crippen LogP contribution is 2.03. The Hall–Kier alpha value is -1.39. The van der Waals surface area contributed by atoms with Gasteiger partial charge in [0.2, 0.25) is 0 Å². The number of carbonyl (C=O) groups excluding carboxylic acids is 1. The second-order valence-corrected chi connectivity index (χ2v) is 3.50. The molecule has 0 aliphatic heterocycles. The minimum absolute atomic E-state index is 0.0559. The molecule has 0 bridgehead atoms. The van der Waals surface area contributed by atoms with Gasteiger partial charge >= 0.3 is 0 Å². The van der Waals surface area contributed by atoms with E-state index in [1.807, 2.05) is 12.1 Å². The van der Waals surface area contributed by atoms with Crippen LogP contribution in [0.5, 0.6) is 0 Å². The Kier molecular flexibility index (Phi) is 5.53. The molecule has 0 saturated carbocycles. The van der Waals surface area contributed by atoms with Crippen LogP contribution >= 0.6 is 0 Å². The van der Waals surface area contributed by atoms with Gasteiger partial charge in [0, 0.05) is 32.4 Å². The predicted molar refractivity (Wildman–Crippen MR) is 63.2 cm³/mol. The Morgan fingerprint density at radius 3 is 2.62 bits per heavy atom. The van der Waals surface area contributed by atoms with Gasteiger partial charge < -0.3 is 15.8 Å². The highest BCUT2D eigenvalue weighted by molar-refractivity contribution is 5.94.